The zero-order valence-corrected chi connectivity index (χ0v) is 17.9. The van der Waals surface area contributed by atoms with Gasteiger partial charge in [-0.1, -0.05) is 28.1 Å². The summed E-state index contributed by atoms with van der Waals surface area (Å²) in [6.45, 7) is 2.06. The van der Waals surface area contributed by atoms with E-state index in [1.165, 1.54) is 9.21 Å². The number of hydrogen-bond donors (Lipinski definition) is 1. The van der Waals surface area contributed by atoms with Gasteiger partial charge in [0.15, 0.2) is 0 Å². The van der Waals surface area contributed by atoms with Gasteiger partial charge in [-0.05, 0) is 24.6 Å². The van der Waals surface area contributed by atoms with Crippen molar-refractivity contribution < 1.29 is 22.8 Å². The Morgan fingerprint density at radius 1 is 1.14 bits per heavy atom. The molecule has 9 nitrogen and oxygen atoms in total. The van der Waals surface area contributed by atoms with Crippen LogP contribution < -0.4 is 5.32 Å². The van der Waals surface area contributed by atoms with E-state index in [9.17, 15) is 22.8 Å². The van der Waals surface area contributed by atoms with Gasteiger partial charge in [0.25, 0.3) is 5.91 Å². The van der Waals surface area contributed by atoms with Crippen LogP contribution in [0, 0.1) is 0 Å². The lowest BCUT2D eigenvalue weighted by Gasteiger charge is -2.33. The van der Waals surface area contributed by atoms with Gasteiger partial charge < -0.3 is 10.2 Å². The second-order valence-corrected chi connectivity index (χ2v) is 9.89. The number of carbonyl (C=O) groups is 3. The van der Waals surface area contributed by atoms with Crippen molar-refractivity contribution in [1.29, 1.82) is 0 Å². The number of benzene rings is 1. The summed E-state index contributed by atoms with van der Waals surface area (Å²) in [6.07, 6.45) is 1.13. The number of hydrogen-bond acceptors (Lipinski definition) is 5. The molecule has 1 aromatic carbocycles. The monoisotopic (exact) mass is 472 g/mol. The fourth-order valence-corrected chi connectivity index (χ4v) is 4.41. The van der Waals surface area contributed by atoms with Crippen molar-refractivity contribution in [2.24, 2.45) is 0 Å². The van der Waals surface area contributed by atoms with Crippen molar-refractivity contribution in [3.05, 3.63) is 34.3 Å². The molecule has 1 N–H and O–H groups in total. The maximum Gasteiger partial charge on any atom is 0.325 e. The summed E-state index contributed by atoms with van der Waals surface area (Å²) in [7, 11) is -3.30. The Hall–Kier alpha value is -1.98. The number of carbonyl (C=O) groups excluding carboxylic acids is 3. The summed E-state index contributed by atoms with van der Waals surface area (Å²) in [5.74, 6) is -0.889. The molecular weight excluding hydrogens is 452 g/mol. The first kappa shape index (κ1) is 20.7. The van der Waals surface area contributed by atoms with E-state index in [1.54, 1.807) is 31.2 Å². The number of amides is 4. The molecule has 11 heteroatoms. The van der Waals surface area contributed by atoms with Crippen molar-refractivity contribution in [3.8, 4) is 0 Å². The number of halogens is 1. The number of piperazine rings is 1. The van der Waals surface area contributed by atoms with Crippen molar-refractivity contribution >= 4 is 43.8 Å². The van der Waals surface area contributed by atoms with Gasteiger partial charge in [0.05, 0.1) is 6.26 Å². The number of imide groups is 1. The third-order valence-corrected chi connectivity index (χ3v) is 6.88. The third kappa shape index (κ3) is 3.91. The SMILES string of the molecule is C[C@]1(c2ccc(Br)cc2)NC(=O)N(CC(=O)N2CCN(S(C)(=O)=O)CC2)C1=O. The number of nitrogens with zero attached hydrogens (tertiary/aromatic N) is 3. The van der Waals surface area contributed by atoms with E-state index in [1.807, 2.05) is 0 Å². The Bertz CT molecular complexity index is 912. The molecule has 152 valence electrons. The van der Waals surface area contributed by atoms with Crippen LogP contribution in [0.25, 0.3) is 0 Å². The van der Waals surface area contributed by atoms with E-state index in [2.05, 4.69) is 21.2 Å². The highest BCUT2D eigenvalue weighted by Crippen LogP contribution is 2.29. The summed E-state index contributed by atoms with van der Waals surface area (Å²) >= 11 is 3.33. The predicted molar refractivity (Wildman–Crippen MR) is 105 cm³/mol. The van der Waals surface area contributed by atoms with E-state index in [-0.39, 0.29) is 32.7 Å². The largest absolute Gasteiger partial charge is 0.338 e. The Balaban J connectivity index is 1.68. The van der Waals surface area contributed by atoms with Gasteiger partial charge in [-0.3, -0.25) is 14.5 Å². The molecule has 3 rings (SSSR count). The lowest BCUT2D eigenvalue weighted by molar-refractivity contribution is -0.139. The van der Waals surface area contributed by atoms with E-state index in [0.29, 0.717) is 5.56 Å². The zero-order chi connectivity index (χ0) is 20.7. The van der Waals surface area contributed by atoms with Gasteiger partial charge in [-0.25, -0.2) is 13.2 Å². The quantitative estimate of drug-likeness (QED) is 0.634. The number of nitrogens with one attached hydrogen (secondary N) is 1. The minimum atomic E-state index is -3.30. The van der Waals surface area contributed by atoms with Crippen LogP contribution in [0.1, 0.15) is 12.5 Å². The van der Waals surface area contributed by atoms with E-state index < -0.39 is 33.4 Å². The molecule has 2 heterocycles. The van der Waals surface area contributed by atoms with Crippen LogP contribution in [0.2, 0.25) is 0 Å². The molecule has 2 saturated heterocycles. The van der Waals surface area contributed by atoms with Gasteiger partial charge in [0, 0.05) is 30.7 Å². The molecule has 2 aliphatic rings. The van der Waals surface area contributed by atoms with E-state index in [4.69, 9.17) is 0 Å². The maximum atomic E-state index is 12.9. The van der Waals surface area contributed by atoms with Gasteiger partial charge in [0.2, 0.25) is 15.9 Å². The number of sulfonamides is 1. The molecule has 0 unspecified atom stereocenters. The highest BCUT2D eigenvalue weighted by molar-refractivity contribution is 9.10. The number of urea groups is 1. The lowest BCUT2D eigenvalue weighted by Crippen LogP contribution is -2.53. The second-order valence-electron chi connectivity index (χ2n) is 7.00. The summed E-state index contributed by atoms with van der Waals surface area (Å²) in [4.78, 5) is 40.2. The van der Waals surface area contributed by atoms with Gasteiger partial charge in [-0.15, -0.1) is 0 Å². The van der Waals surface area contributed by atoms with Gasteiger partial charge in [-0.2, -0.15) is 4.31 Å². The molecule has 0 spiro atoms. The van der Waals surface area contributed by atoms with Crippen LogP contribution in [0.3, 0.4) is 0 Å². The topological polar surface area (TPSA) is 107 Å². The van der Waals surface area contributed by atoms with Crippen LogP contribution in [0.15, 0.2) is 28.7 Å². The summed E-state index contributed by atoms with van der Waals surface area (Å²) in [5, 5.41) is 2.66. The molecule has 0 saturated carbocycles. The molecule has 1 atom stereocenters. The first-order valence-corrected chi connectivity index (χ1v) is 11.3. The summed E-state index contributed by atoms with van der Waals surface area (Å²) in [5.41, 5.74) is -0.627. The molecule has 1 aromatic rings. The third-order valence-electron chi connectivity index (χ3n) is 5.05. The molecule has 2 aliphatic heterocycles. The van der Waals surface area contributed by atoms with Crippen LogP contribution in [0.5, 0.6) is 0 Å². The minimum Gasteiger partial charge on any atom is -0.338 e. The smallest absolute Gasteiger partial charge is 0.325 e. The van der Waals surface area contributed by atoms with E-state index in [0.717, 1.165) is 15.6 Å². The van der Waals surface area contributed by atoms with Crippen LogP contribution in [-0.2, 0) is 25.2 Å². The van der Waals surface area contributed by atoms with E-state index >= 15 is 0 Å². The minimum absolute atomic E-state index is 0.196. The summed E-state index contributed by atoms with van der Waals surface area (Å²) in [6, 6.07) is 6.39. The van der Waals surface area contributed by atoms with Crippen LogP contribution >= 0.6 is 15.9 Å². The van der Waals surface area contributed by atoms with Crippen molar-refractivity contribution in [1.82, 2.24) is 19.4 Å². The Morgan fingerprint density at radius 3 is 2.25 bits per heavy atom. The average molecular weight is 473 g/mol. The Kier molecular flexibility index (Phi) is 5.52. The first-order valence-electron chi connectivity index (χ1n) is 8.65. The van der Waals surface area contributed by atoms with Crippen molar-refractivity contribution in [2.45, 2.75) is 12.5 Å². The van der Waals surface area contributed by atoms with Gasteiger partial charge >= 0.3 is 6.03 Å². The molecule has 0 bridgehead atoms. The summed E-state index contributed by atoms with van der Waals surface area (Å²) < 4.78 is 25.3. The van der Waals surface area contributed by atoms with Crippen molar-refractivity contribution in [2.75, 3.05) is 39.0 Å². The fourth-order valence-electron chi connectivity index (χ4n) is 3.32. The molecule has 0 aromatic heterocycles. The fraction of sp³-hybridized carbons (Fsp3) is 0.471. The lowest BCUT2D eigenvalue weighted by atomic mass is 9.92. The van der Waals surface area contributed by atoms with Crippen LogP contribution in [-0.4, -0.2) is 79.3 Å². The Labute approximate surface area is 171 Å². The second kappa shape index (κ2) is 7.45. The van der Waals surface area contributed by atoms with Gasteiger partial charge in [0.1, 0.15) is 12.1 Å². The standard InChI is InChI=1S/C17H21BrN4O5S/c1-17(12-3-5-13(18)6-4-12)15(24)22(16(25)19-17)11-14(23)20-7-9-21(10-8-20)28(2,26)27/h3-6H,7-11H2,1-2H3,(H,19,25)/t17-/m1/s1. The molecule has 2 fully saturated rings. The average Bonchev–Trinajstić information content (AvgIpc) is 2.85. The highest BCUT2D eigenvalue weighted by atomic mass is 79.9. The molecule has 0 radical (unpaired) electrons. The predicted octanol–water partition coefficient (Wildman–Crippen LogP) is 0.320. The zero-order valence-electron chi connectivity index (χ0n) is 15.5. The first-order chi connectivity index (χ1) is 13.0. The molecular formula is C17H21BrN4O5S. The van der Waals surface area contributed by atoms with Crippen LogP contribution in [0.4, 0.5) is 4.79 Å². The molecule has 4 amide bonds. The maximum absolute atomic E-state index is 12.9. The molecule has 28 heavy (non-hydrogen) atoms. The number of rotatable bonds is 4. The normalized spacial score (nSPS) is 23.8. The molecule has 0 aliphatic carbocycles. The van der Waals surface area contributed by atoms with Crippen molar-refractivity contribution in [3.63, 3.8) is 0 Å². The Morgan fingerprint density at radius 2 is 1.71 bits per heavy atom. The highest BCUT2D eigenvalue weighted by Gasteiger charge is 2.49.